The normalized spacial score (nSPS) is 17.4. The van der Waals surface area contributed by atoms with Crippen molar-refractivity contribution in [2.75, 3.05) is 29.9 Å². The Labute approximate surface area is 208 Å². The Morgan fingerprint density at radius 2 is 1.76 bits per heavy atom. The lowest BCUT2D eigenvalue weighted by Crippen LogP contribution is -2.35. The maximum Gasteiger partial charge on any atom is 0.267 e. The minimum Gasteiger partial charge on any atom is -0.494 e. The molecule has 2 aliphatic heterocycles. The summed E-state index contributed by atoms with van der Waals surface area (Å²) in [5.74, 6) is -0.254. The van der Waals surface area contributed by atoms with Crippen molar-refractivity contribution in [2.45, 2.75) is 26.7 Å². The van der Waals surface area contributed by atoms with Crippen LogP contribution < -0.4 is 15.0 Å². The molecule has 4 rings (SSSR count). The molecular weight excluding hydrogens is 470 g/mol. The van der Waals surface area contributed by atoms with Gasteiger partial charge in [0, 0.05) is 17.8 Å². The van der Waals surface area contributed by atoms with Crippen molar-refractivity contribution in [2.24, 2.45) is 0 Å². The number of fused-ring (bicyclic) bond motifs is 1. The van der Waals surface area contributed by atoms with E-state index in [2.05, 4.69) is 5.32 Å². The highest BCUT2D eigenvalue weighted by Gasteiger charge is 2.42. The molecule has 1 saturated heterocycles. The third kappa shape index (κ3) is 4.71. The summed E-state index contributed by atoms with van der Waals surface area (Å²) in [6.07, 6.45) is 1.76. The summed E-state index contributed by atoms with van der Waals surface area (Å²) in [5, 5.41) is 2.81. The summed E-state index contributed by atoms with van der Waals surface area (Å²) >= 11 is 6.57. The third-order valence-electron chi connectivity index (χ3n) is 5.49. The number of benzene rings is 2. The van der Waals surface area contributed by atoms with E-state index in [9.17, 15) is 14.4 Å². The summed E-state index contributed by atoms with van der Waals surface area (Å²) in [4.78, 5) is 42.7. The van der Waals surface area contributed by atoms with Crippen LogP contribution in [0.2, 0.25) is 0 Å². The molecular formula is C25H25N3O4S2. The van der Waals surface area contributed by atoms with Gasteiger partial charge in [-0.25, -0.2) is 0 Å². The Bertz CT molecular complexity index is 1180. The maximum absolute atomic E-state index is 13.5. The van der Waals surface area contributed by atoms with Gasteiger partial charge in [0.1, 0.15) is 16.6 Å². The van der Waals surface area contributed by atoms with Crippen LogP contribution >= 0.6 is 24.0 Å². The van der Waals surface area contributed by atoms with Crippen LogP contribution in [0.3, 0.4) is 0 Å². The summed E-state index contributed by atoms with van der Waals surface area (Å²) in [6, 6.07) is 14.2. The minimum atomic E-state index is -0.376. The number of thioether (sulfide) groups is 1. The molecule has 2 aromatic carbocycles. The molecule has 0 saturated carbocycles. The fraction of sp³-hybridized carbons (Fsp3) is 0.280. The number of carbonyl (C=O) groups excluding carboxylic acids is 3. The molecule has 1 N–H and O–H groups in total. The van der Waals surface area contributed by atoms with E-state index in [1.807, 2.05) is 19.9 Å². The number of rotatable bonds is 8. The van der Waals surface area contributed by atoms with E-state index in [-0.39, 0.29) is 24.3 Å². The highest BCUT2D eigenvalue weighted by molar-refractivity contribution is 8.26. The van der Waals surface area contributed by atoms with Gasteiger partial charge in [0.25, 0.3) is 11.8 Å². The Morgan fingerprint density at radius 3 is 2.47 bits per heavy atom. The number of nitrogens with one attached hydrogen (secondary N) is 1. The number of carbonyl (C=O) groups is 3. The van der Waals surface area contributed by atoms with Crippen LogP contribution in [0, 0.1) is 0 Å². The molecule has 0 bridgehead atoms. The van der Waals surface area contributed by atoms with E-state index in [1.165, 1.54) is 4.90 Å². The van der Waals surface area contributed by atoms with Gasteiger partial charge in [0.05, 0.1) is 22.8 Å². The monoisotopic (exact) mass is 495 g/mol. The van der Waals surface area contributed by atoms with Crippen molar-refractivity contribution in [1.82, 2.24) is 4.90 Å². The second kappa shape index (κ2) is 10.4. The number of nitrogens with zero attached hydrogens (tertiary/aromatic N) is 2. The van der Waals surface area contributed by atoms with E-state index < -0.39 is 0 Å². The van der Waals surface area contributed by atoms with Crippen molar-refractivity contribution >= 4 is 63.0 Å². The first-order valence-corrected chi connectivity index (χ1v) is 12.4. The van der Waals surface area contributed by atoms with Crippen LogP contribution in [0.15, 0.2) is 53.4 Å². The third-order valence-corrected chi connectivity index (χ3v) is 6.93. The quantitative estimate of drug-likeness (QED) is 0.431. The first-order valence-electron chi connectivity index (χ1n) is 11.2. The molecule has 34 heavy (non-hydrogen) atoms. The largest absolute Gasteiger partial charge is 0.494 e. The molecule has 0 atom stereocenters. The van der Waals surface area contributed by atoms with Crippen LogP contribution in [0.25, 0.3) is 5.57 Å². The fourth-order valence-electron chi connectivity index (χ4n) is 3.86. The highest BCUT2D eigenvalue weighted by Crippen LogP contribution is 2.44. The van der Waals surface area contributed by atoms with Gasteiger partial charge in [0.15, 0.2) is 0 Å². The molecule has 176 valence electrons. The standard InChI is InChI=1S/C25H25N3O4S2/c1-3-5-14-27-24(31)22(34-25(27)33)21-18-8-6-7-9-19(18)28(23(21)30)15-20(29)26-16-10-12-17(13-11-16)32-4-2/h6-13H,3-5,14-15H2,1-2H3,(H,26,29)/b22-21-. The van der Waals surface area contributed by atoms with Crippen molar-refractivity contribution in [3.8, 4) is 5.75 Å². The fourth-order valence-corrected chi connectivity index (χ4v) is 5.24. The van der Waals surface area contributed by atoms with Crippen molar-refractivity contribution in [3.63, 3.8) is 0 Å². The average Bonchev–Trinajstić information content (AvgIpc) is 3.26. The second-order valence-electron chi connectivity index (χ2n) is 7.80. The minimum absolute atomic E-state index is 0.178. The number of unbranched alkanes of at least 4 members (excludes halogenated alkanes) is 1. The van der Waals surface area contributed by atoms with Gasteiger partial charge in [-0.2, -0.15) is 0 Å². The Balaban J connectivity index is 1.57. The van der Waals surface area contributed by atoms with Gasteiger partial charge < -0.3 is 10.1 Å². The van der Waals surface area contributed by atoms with E-state index in [1.54, 1.807) is 47.4 Å². The molecule has 7 nitrogen and oxygen atoms in total. The van der Waals surface area contributed by atoms with E-state index in [0.717, 1.165) is 24.6 Å². The summed E-state index contributed by atoms with van der Waals surface area (Å²) < 4.78 is 5.88. The Kier molecular flexibility index (Phi) is 7.33. The predicted molar refractivity (Wildman–Crippen MR) is 139 cm³/mol. The van der Waals surface area contributed by atoms with E-state index >= 15 is 0 Å². The molecule has 1 fully saturated rings. The highest BCUT2D eigenvalue weighted by atomic mass is 32.2. The van der Waals surface area contributed by atoms with Crippen molar-refractivity contribution in [3.05, 3.63) is 59.0 Å². The lowest BCUT2D eigenvalue weighted by molar-refractivity contribution is -0.122. The zero-order chi connectivity index (χ0) is 24.2. The zero-order valence-corrected chi connectivity index (χ0v) is 20.6. The maximum atomic E-state index is 13.5. The number of para-hydroxylation sites is 1. The Morgan fingerprint density at radius 1 is 1.03 bits per heavy atom. The first-order chi connectivity index (χ1) is 16.4. The summed E-state index contributed by atoms with van der Waals surface area (Å²) in [7, 11) is 0. The Hall–Kier alpha value is -3.17. The number of hydrogen-bond donors (Lipinski definition) is 1. The van der Waals surface area contributed by atoms with Crippen LogP contribution in [-0.4, -0.2) is 46.6 Å². The second-order valence-corrected chi connectivity index (χ2v) is 9.44. The molecule has 2 aromatic rings. The van der Waals surface area contributed by atoms with Crippen LogP contribution in [-0.2, 0) is 14.4 Å². The van der Waals surface area contributed by atoms with Gasteiger partial charge in [0.2, 0.25) is 5.91 Å². The number of hydrogen-bond acceptors (Lipinski definition) is 6. The van der Waals surface area contributed by atoms with Crippen LogP contribution in [0.1, 0.15) is 32.3 Å². The molecule has 0 spiro atoms. The summed E-state index contributed by atoms with van der Waals surface area (Å²) in [5.41, 5.74) is 2.15. The van der Waals surface area contributed by atoms with Crippen molar-refractivity contribution in [1.29, 1.82) is 0 Å². The van der Waals surface area contributed by atoms with E-state index in [4.69, 9.17) is 17.0 Å². The van der Waals surface area contributed by atoms with Gasteiger partial charge in [-0.15, -0.1) is 0 Å². The molecule has 0 unspecified atom stereocenters. The topological polar surface area (TPSA) is 79.0 Å². The summed E-state index contributed by atoms with van der Waals surface area (Å²) in [6.45, 7) is 4.85. The first kappa shape index (κ1) is 24.0. The molecule has 0 aliphatic carbocycles. The van der Waals surface area contributed by atoms with Gasteiger partial charge in [-0.1, -0.05) is 55.5 Å². The number of thiocarbonyl (C=S) groups is 1. The van der Waals surface area contributed by atoms with Crippen molar-refractivity contribution < 1.29 is 19.1 Å². The van der Waals surface area contributed by atoms with Crippen LogP contribution in [0.4, 0.5) is 11.4 Å². The molecule has 0 radical (unpaired) electrons. The number of amides is 3. The SMILES string of the molecule is CCCCN1C(=O)/C(=C2/C(=O)N(CC(=O)Nc3ccc(OCC)cc3)c3ccccc32)SC1=S. The van der Waals surface area contributed by atoms with Gasteiger partial charge in [-0.3, -0.25) is 24.2 Å². The van der Waals surface area contributed by atoms with Gasteiger partial charge in [-0.05, 0) is 43.7 Å². The zero-order valence-electron chi connectivity index (χ0n) is 19.0. The lowest BCUT2D eigenvalue weighted by atomic mass is 10.1. The number of ether oxygens (including phenoxy) is 1. The van der Waals surface area contributed by atoms with Crippen LogP contribution in [0.5, 0.6) is 5.75 Å². The molecule has 2 aliphatic rings. The predicted octanol–water partition coefficient (Wildman–Crippen LogP) is 4.44. The molecule has 0 aromatic heterocycles. The number of anilines is 2. The van der Waals surface area contributed by atoms with E-state index in [0.29, 0.717) is 50.6 Å². The average molecular weight is 496 g/mol. The van der Waals surface area contributed by atoms with Gasteiger partial charge >= 0.3 is 0 Å². The lowest BCUT2D eigenvalue weighted by Gasteiger charge is -2.17. The smallest absolute Gasteiger partial charge is 0.267 e. The molecule has 3 amide bonds. The molecule has 9 heteroatoms. The molecule has 2 heterocycles.